The molecule has 0 aliphatic rings. The van der Waals surface area contributed by atoms with Gasteiger partial charge in [-0.3, -0.25) is 4.40 Å². The molecule has 4 aromatic rings. The van der Waals surface area contributed by atoms with Crippen molar-refractivity contribution in [3.05, 3.63) is 63.8 Å². The third-order valence-corrected chi connectivity index (χ3v) is 4.99. The summed E-state index contributed by atoms with van der Waals surface area (Å²) in [4.78, 5) is 22.5. The average molecular weight is 367 g/mol. The number of carboxylic acids is 1. The summed E-state index contributed by atoms with van der Waals surface area (Å²) < 4.78 is 15.5. The molecule has 0 bridgehead atoms. The fourth-order valence-corrected chi connectivity index (χ4v) is 3.81. The maximum Gasteiger partial charge on any atom is 0.336 e. The van der Waals surface area contributed by atoms with Gasteiger partial charge in [0.1, 0.15) is 5.82 Å². The van der Waals surface area contributed by atoms with Crippen LogP contribution in [0.3, 0.4) is 0 Å². The van der Waals surface area contributed by atoms with Gasteiger partial charge in [0, 0.05) is 22.5 Å². The molecule has 0 atom stereocenters. The number of aryl methyl sites for hydroxylation is 2. The van der Waals surface area contributed by atoms with E-state index in [9.17, 15) is 14.3 Å². The molecular weight excluding hydrogens is 353 g/mol. The van der Waals surface area contributed by atoms with Crippen molar-refractivity contribution >= 4 is 45.3 Å². The highest BCUT2D eigenvalue weighted by molar-refractivity contribution is 7.17. The van der Waals surface area contributed by atoms with Crippen molar-refractivity contribution in [1.82, 2.24) is 14.4 Å². The van der Waals surface area contributed by atoms with Crippen LogP contribution in [0.1, 0.15) is 32.3 Å². The summed E-state index contributed by atoms with van der Waals surface area (Å²) in [5.41, 5.74) is 2.63. The molecule has 0 spiro atoms. The molecule has 26 heavy (non-hydrogen) atoms. The number of hydrogen-bond acceptors (Lipinski definition) is 4. The molecule has 0 saturated heterocycles. The Bertz CT molecular complexity index is 1210. The third-order valence-electron chi connectivity index (χ3n) is 4.10. The Morgan fingerprint density at radius 1 is 1.23 bits per heavy atom. The first-order valence-electron chi connectivity index (χ1n) is 7.89. The zero-order valence-electron chi connectivity index (χ0n) is 14.0. The fraction of sp³-hybridized carbons (Fsp3) is 0.105. The minimum absolute atomic E-state index is 0.0937. The Morgan fingerprint density at radius 3 is 2.81 bits per heavy atom. The van der Waals surface area contributed by atoms with E-state index in [2.05, 4.69) is 9.97 Å². The number of rotatable bonds is 3. The fourth-order valence-electron chi connectivity index (χ4n) is 2.93. The van der Waals surface area contributed by atoms with Crippen LogP contribution in [-0.2, 0) is 0 Å². The zero-order chi connectivity index (χ0) is 18.4. The van der Waals surface area contributed by atoms with Gasteiger partial charge in [-0.25, -0.2) is 19.2 Å². The lowest BCUT2D eigenvalue weighted by Crippen LogP contribution is -2.00. The first-order chi connectivity index (χ1) is 12.4. The van der Waals surface area contributed by atoms with Gasteiger partial charge >= 0.3 is 5.97 Å². The van der Waals surface area contributed by atoms with Crippen LogP contribution in [0.5, 0.6) is 0 Å². The second-order valence-corrected chi connectivity index (χ2v) is 7.18. The highest BCUT2D eigenvalue weighted by Crippen LogP contribution is 2.24. The number of aromatic nitrogens is 3. The van der Waals surface area contributed by atoms with Gasteiger partial charge in [-0.15, -0.1) is 11.3 Å². The molecule has 7 heteroatoms. The highest BCUT2D eigenvalue weighted by atomic mass is 32.1. The maximum absolute atomic E-state index is 13.5. The molecule has 0 radical (unpaired) electrons. The summed E-state index contributed by atoms with van der Waals surface area (Å²) in [6, 6.07) is 5.40. The second-order valence-electron chi connectivity index (χ2n) is 5.97. The number of halogens is 1. The molecule has 3 aromatic heterocycles. The first kappa shape index (κ1) is 16.4. The lowest BCUT2D eigenvalue weighted by Gasteiger charge is -2.04. The predicted molar refractivity (Wildman–Crippen MR) is 100 cm³/mol. The van der Waals surface area contributed by atoms with Crippen molar-refractivity contribution in [2.75, 3.05) is 0 Å². The van der Waals surface area contributed by atoms with Crippen LogP contribution in [0.2, 0.25) is 0 Å². The largest absolute Gasteiger partial charge is 0.478 e. The number of hydrogen-bond donors (Lipinski definition) is 1. The van der Waals surface area contributed by atoms with Crippen molar-refractivity contribution in [1.29, 1.82) is 0 Å². The molecule has 0 saturated carbocycles. The molecular formula is C19H14FN3O2S. The van der Waals surface area contributed by atoms with Crippen LogP contribution in [0.4, 0.5) is 4.39 Å². The molecule has 1 aromatic carbocycles. The molecule has 0 amide bonds. The van der Waals surface area contributed by atoms with Gasteiger partial charge in [0.25, 0.3) is 0 Å². The number of thiazole rings is 1. The number of carboxylic acid groups (broad SMARTS) is 1. The lowest BCUT2D eigenvalue weighted by atomic mass is 10.1. The van der Waals surface area contributed by atoms with Crippen LogP contribution in [0.15, 0.2) is 30.5 Å². The topological polar surface area (TPSA) is 67.5 Å². The molecule has 5 nitrogen and oxygen atoms in total. The van der Waals surface area contributed by atoms with E-state index in [0.717, 1.165) is 21.2 Å². The van der Waals surface area contributed by atoms with Crippen molar-refractivity contribution in [2.45, 2.75) is 13.8 Å². The Balaban J connectivity index is 1.84. The number of pyridine rings is 1. The van der Waals surface area contributed by atoms with Crippen molar-refractivity contribution < 1.29 is 14.3 Å². The average Bonchev–Trinajstić information content (AvgIpc) is 3.06. The van der Waals surface area contributed by atoms with Crippen molar-refractivity contribution in [3.63, 3.8) is 0 Å². The number of fused-ring (bicyclic) bond motifs is 2. The van der Waals surface area contributed by atoms with E-state index in [4.69, 9.17) is 0 Å². The summed E-state index contributed by atoms with van der Waals surface area (Å²) in [7, 11) is 0. The number of carbonyl (C=O) groups is 1. The van der Waals surface area contributed by atoms with Gasteiger partial charge < -0.3 is 5.11 Å². The van der Waals surface area contributed by atoms with E-state index in [0.29, 0.717) is 16.6 Å². The van der Waals surface area contributed by atoms with E-state index in [-0.39, 0.29) is 5.56 Å². The van der Waals surface area contributed by atoms with Crippen LogP contribution in [-0.4, -0.2) is 25.4 Å². The van der Waals surface area contributed by atoms with Crippen molar-refractivity contribution in [2.24, 2.45) is 0 Å². The summed E-state index contributed by atoms with van der Waals surface area (Å²) in [5, 5.41) is 9.87. The van der Waals surface area contributed by atoms with Crippen LogP contribution >= 0.6 is 11.3 Å². The van der Waals surface area contributed by atoms with Gasteiger partial charge in [0.2, 0.25) is 0 Å². The van der Waals surface area contributed by atoms with E-state index >= 15 is 0 Å². The molecule has 3 heterocycles. The lowest BCUT2D eigenvalue weighted by molar-refractivity contribution is 0.0699. The van der Waals surface area contributed by atoms with E-state index < -0.39 is 11.8 Å². The maximum atomic E-state index is 13.5. The monoisotopic (exact) mass is 367 g/mol. The van der Waals surface area contributed by atoms with Gasteiger partial charge in [-0.2, -0.15) is 0 Å². The van der Waals surface area contributed by atoms with E-state index in [1.807, 2.05) is 30.5 Å². The number of nitrogens with zero attached hydrogens (tertiary/aromatic N) is 3. The molecule has 0 fully saturated rings. The standard InChI is InChI=1S/C19H14FN3O2S/c1-10-9-23-17(11(2)21-19(23)26-10)6-4-13-8-15(18(24)25)14-5-3-12(20)7-16(14)22-13/h3-9H,1-2H3,(H,24,25). The Kier molecular flexibility index (Phi) is 3.81. The Morgan fingerprint density at radius 2 is 2.04 bits per heavy atom. The van der Waals surface area contributed by atoms with Crippen LogP contribution < -0.4 is 0 Å². The number of aromatic carboxylic acids is 1. The van der Waals surface area contributed by atoms with E-state index in [1.54, 1.807) is 17.4 Å². The van der Waals surface area contributed by atoms with Gasteiger partial charge in [-0.05, 0) is 44.2 Å². The van der Waals surface area contributed by atoms with Gasteiger partial charge in [-0.1, -0.05) is 0 Å². The minimum Gasteiger partial charge on any atom is -0.478 e. The molecule has 0 aliphatic carbocycles. The van der Waals surface area contributed by atoms with E-state index in [1.165, 1.54) is 24.3 Å². The normalized spacial score (nSPS) is 11.8. The summed E-state index contributed by atoms with van der Waals surface area (Å²) in [5.74, 6) is -1.53. The molecule has 1 N–H and O–H groups in total. The quantitative estimate of drug-likeness (QED) is 0.576. The third kappa shape index (κ3) is 2.76. The number of imidazole rings is 1. The molecule has 0 unspecified atom stereocenters. The van der Waals surface area contributed by atoms with Crippen LogP contribution in [0.25, 0.3) is 28.0 Å². The van der Waals surface area contributed by atoms with Crippen LogP contribution in [0, 0.1) is 19.7 Å². The highest BCUT2D eigenvalue weighted by Gasteiger charge is 2.12. The smallest absolute Gasteiger partial charge is 0.336 e. The Labute approximate surface area is 152 Å². The molecule has 4 rings (SSSR count). The summed E-state index contributed by atoms with van der Waals surface area (Å²) >= 11 is 1.60. The first-order valence-corrected chi connectivity index (χ1v) is 8.71. The Hall–Kier alpha value is -3.06. The predicted octanol–water partition coefficient (Wildman–Crippen LogP) is 4.57. The van der Waals surface area contributed by atoms with Crippen molar-refractivity contribution in [3.8, 4) is 0 Å². The molecule has 130 valence electrons. The van der Waals surface area contributed by atoms with Gasteiger partial charge in [0.05, 0.1) is 28.2 Å². The summed E-state index contributed by atoms with van der Waals surface area (Å²) in [6.07, 6.45) is 5.58. The second kappa shape index (κ2) is 6.03. The number of benzene rings is 1. The minimum atomic E-state index is -1.07. The summed E-state index contributed by atoms with van der Waals surface area (Å²) in [6.45, 7) is 3.93. The SMILES string of the molecule is Cc1cn2c(C=Cc3cc(C(=O)O)c4ccc(F)cc4n3)c(C)nc2s1. The molecule has 0 aliphatic heterocycles. The van der Waals surface area contributed by atoms with Gasteiger partial charge in [0.15, 0.2) is 4.96 Å². The zero-order valence-corrected chi connectivity index (χ0v) is 14.8.